The molecule has 1 rings (SSSR count). The summed E-state index contributed by atoms with van der Waals surface area (Å²) in [5, 5.41) is 2.75. The molecule has 17 heavy (non-hydrogen) atoms. The SMILES string of the molecule is CNC1CCC(C)CC1S(=O)(=O)C(C)C(C)C. The van der Waals surface area contributed by atoms with Crippen molar-refractivity contribution in [3.63, 3.8) is 0 Å². The van der Waals surface area contributed by atoms with Crippen molar-refractivity contribution in [2.24, 2.45) is 11.8 Å². The van der Waals surface area contributed by atoms with Gasteiger partial charge >= 0.3 is 0 Å². The molecule has 0 saturated heterocycles. The third-order valence-corrected chi connectivity index (χ3v) is 7.25. The van der Waals surface area contributed by atoms with Crippen LogP contribution < -0.4 is 5.32 Å². The molecule has 1 N–H and O–H groups in total. The summed E-state index contributed by atoms with van der Waals surface area (Å²) in [5.74, 6) is 0.716. The highest BCUT2D eigenvalue weighted by atomic mass is 32.2. The number of nitrogens with one attached hydrogen (secondary N) is 1. The van der Waals surface area contributed by atoms with Crippen molar-refractivity contribution in [3.05, 3.63) is 0 Å². The zero-order valence-corrected chi connectivity index (χ0v) is 12.5. The van der Waals surface area contributed by atoms with E-state index in [0.717, 1.165) is 19.3 Å². The van der Waals surface area contributed by atoms with Gasteiger partial charge in [-0.25, -0.2) is 8.42 Å². The largest absolute Gasteiger partial charge is 0.316 e. The fraction of sp³-hybridized carbons (Fsp3) is 1.00. The fourth-order valence-corrected chi connectivity index (χ4v) is 5.31. The molecule has 0 bridgehead atoms. The van der Waals surface area contributed by atoms with Crippen LogP contribution in [0.15, 0.2) is 0 Å². The lowest BCUT2D eigenvalue weighted by atomic mass is 9.87. The molecule has 1 fully saturated rings. The zero-order valence-electron chi connectivity index (χ0n) is 11.7. The molecule has 0 aromatic carbocycles. The second kappa shape index (κ2) is 5.70. The quantitative estimate of drug-likeness (QED) is 0.844. The Morgan fingerprint density at radius 1 is 1.18 bits per heavy atom. The Morgan fingerprint density at radius 2 is 1.76 bits per heavy atom. The molecule has 0 amide bonds. The molecule has 0 heterocycles. The van der Waals surface area contributed by atoms with Gasteiger partial charge in [0.2, 0.25) is 0 Å². The predicted molar refractivity (Wildman–Crippen MR) is 72.9 cm³/mol. The Balaban J connectivity index is 2.94. The van der Waals surface area contributed by atoms with Gasteiger partial charge in [-0.2, -0.15) is 0 Å². The van der Waals surface area contributed by atoms with Crippen molar-refractivity contribution in [1.29, 1.82) is 0 Å². The first-order chi connectivity index (χ1) is 7.80. The predicted octanol–water partition coefficient (Wildman–Crippen LogP) is 2.22. The molecule has 1 aliphatic carbocycles. The van der Waals surface area contributed by atoms with E-state index in [1.165, 1.54) is 0 Å². The lowest BCUT2D eigenvalue weighted by molar-refractivity contribution is 0.317. The molecular formula is C13H27NO2S. The highest BCUT2D eigenvalue weighted by Gasteiger charge is 2.40. The van der Waals surface area contributed by atoms with E-state index < -0.39 is 9.84 Å². The minimum atomic E-state index is -3.02. The van der Waals surface area contributed by atoms with Gasteiger partial charge in [-0.05, 0) is 45.1 Å². The van der Waals surface area contributed by atoms with Gasteiger partial charge in [0.05, 0.1) is 10.5 Å². The van der Waals surface area contributed by atoms with Crippen molar-refractivity contribution < 1.29 is 8.42 Å². The highest BCUT2D eigenvalue weighted by molar-refractivity contribution is 7.92. The average molecular weight is 261 g/mol. The lowest BCUT2D eigenvalue weighted by Crippen LogP contribution is -2.49. The third-order valence-electron chi connectivity index (χ3n) is 4.30. The molecule has 102 valence electrons. The Hall–Kier alpha value is -0.0900. The smallest absolute Gasteiger partial charge is 0.157 e. The third kappa shape index (κ3) is 3.22. The molecule has 4 atom stereocenters. The Kier molecular flexibility index (Phi) is 5.02. The maximum Gasteiger partial charge on any atom is 0.157 e. The molecule has 0 spiro atoms. The topological polar surface area (TPSA) is 46.2 Å². The van der Waals surface area contributed by atoms with Crippen LogP contribution >= 0.6 is 0 Å². The van der Waals surface area contributed by atoms with Crippen molar-refractivity contribution in [2.75, 3.05) is 7.05 Å². The highest BCUT2D eigenvalue weighted by Crippen LogP contribution is 2.32. The fourth-order valence-electron chi connectivity index (χ4n) is 2.68. The van der Waals surface area contributed by atoms with E-state index in [0.29, 0.717) is 5.92 Å². The number of hydrogen-bond donors (Lipinski definition) is 1. The van der Waals surface area contributed by atoms with Gasteiger partial charge in [-0.15, -0.1) is 0 Å². The minimum absolute atomic E-state index is 0.136. The first-order valence-electron chi connectivity index (χ1n) is 6.70. The van der Waals surface area contributed by atoms with E-state index in [-0.39, 0.29) is 22.5 Å². The van der Waals surface area contributed by atoms with E-state index >= 15 is 0 Å². The summed E-state index contributed by atoms with van der Waals surface area (Å²) in [7, 11) is -1.14. The maximum atomic E-state index is 12.6. The summed E-state index contributed by atoms with van der Waals surface area (Å²) in [6, 6.07) is 0.136. The van der Waals surface area contributed by atoms with Crippen LogP contribution in [0.25, 0.3) is 0 Å². The molecule has 1 saturated carbocycles. The normalized spacial score (nSPS) is 32.7. The molecule has 0 aliphatic heterocycles. The van der Waals surface area contributed by atoms with Crippen molar-refractivity contribution in [3.8, 4) is 0 Å². The summed E-state index contributed by atoms with van der Waals surface area (Å²) in [5.41, 5.74) is 0. The first-order valence-corrected chi connectivity index (χ1v) is 8.31. The first kappa shape index (κ1) is 15.0. The molecule has 3 nitrogen and oxygen atoms in total. The average Bonchev–Trinajstić information content (AvgIpc) is 2.27. The van der Waals surface area contributed by atoms with Crippen LogP contribution in [0, 0.1) is 11.8 Å². The van der Waals surface area contributed by atoms with Crippen LogP contribution in [-0.2, 0) is 9.84 Å². The molecule has 4 unspecified atom stereocenters. The van der Waals surface area contributed by atoms with Gasteiger partial charge in [-0.1, -0.05) is 20.8 Å². The lowest BCUT2D eigenvalue weighted by Gasteiger charge is -2.36. The van der Waals surface area contributed by atoms with Crippen LogP contribution in [-0.4, -0.2) is 32.0 Å². The van der Waals surface area contributed by atoms with Gasteiger partial charge in [-0.3, -0.25) is 0 Å². The standard InChI is InChI=1S/C13H27NO2S/c1-9(2)11(4)17(15,16)13-8-10(3)6-7-12(13)14-5/h9-14H,6-8H2,1-5H3. The molecule has 0 radical (unpaired) electrons. The summed E-state index contributed by atoms with van der Waals surface area (Å²) in [4.78, 5) is 0. The van der Waals surface area contributed by atoms with Gasteiger partial charge < -0.3 is 5.32 Å². The van der Waals surface area contributed by atoms with E-state index in [1.807, 2.05) is 27.8 Å². The minimum Gasteiger partial charge on any atom is -0.316 e. The van der Waals surface area contributed by atoms with Crippen molar-refractivity contribution >= 4 is 9.84 Å². The molecule has 0 aromatic heterocycles. The van der Waals surface area contributed by atoms with Crippen molar-refractivity contribution in [1.82, 2.24) is 5.32 Å². The second-order valence-electron chi connectivity index (χ2n) is 5.89. The molecule has 4 heteroatoms. The number of hydrogen-bond acceptors (Lipinski definition) is 3. The van der Waals surface area contributed by atoms with Crippen LogP contribution in [0.1, 0.15) is 47.0 Å². The van der Waals surface area contributed by atoms with Crippen LogP contribution in [0.2, 0.25) is 0 Å². The van der Waals surface area contributed by atoms with Crippen LogP contribution in [0.5, 0.6) is 0 Å². The molecular weight excluding hydrogens is 234 g/mol. The van der Waals surface area contributed by atoms with Gasteiger partial charge in [0.15, 0.2) is 9.84 Å². The molecule has 1 aliphatic rings. The maximum absolute atomic E-state index is 12.6. The van der Waals surface area contributed by atoms with Crippen LogP contribution in [0.3, 0.4) is 0 Å². The van der Waals surface area contributed by atoms with Gasteiger partial charge in [0.1, 0.15) is 0 Å². The summed E-state index contributed by atoms with van der Waals surface area (Å²) in [6.45, 7) is 7.99. The van der Waals surface area contributed by atoms with E-state index in [4.69, 9.17) is 0 Å². The van der Waals surface area contributed by atoms with Gasteiger partial charge in [0, 0.05) is 6.04 Å². The number of rotatable bonds is 4. The summed E-state index contributed by atoms with van der Waals surface area (Å²) >= 11 is 0. The monoisotopic (exact) mass is 261 g/mol. The summed E-state index contributed by atoms with van der Waals surface area (Å²) in [6.07, 6.45) is 2.92. The Labute approximate surface area is 106 Å². The van der Waals surface area contributed by atoms with Crippen molar-refractivity contribution in [2.45, 2.75) is 63.5 Å². The summed E-state index contributed by atoms with van der Waals surface area (Å²) < 4.78 is 25.2. The molecule has 0 aromatic rings. The zero-order chi connectivity index (χ0) is 13.2. The Bertz CT molecular complexity index is 337. The second-order valence-corrected chi connectivity index (χ2v) is 8.42. The Morgan fingerprint density at radius 3 is 2.24 bits per heavy atom. The van der Waals surface area contributed by atoms with Gasteiger partial charge in [0.25, 0.3) is 0 Å². The van der Waals surface area contributed by atoms with Crippen LogP contribution in [0.4, 0.5) is 0 Å². The van der Waals surface area contributed by atoms with E-state index in [9.17, 15) is 8.42 Å². The van der Waals surface area contributed by atoms with E-state index in [2.05, 4.69) is 12.2 Å². The van der Waals surface area contributed by atoms with E-state index in [1.54, 1.807) is 0 Å². The number of sulfone groups is 1.